The van der Waals surface area contributed by atoms with Crippen molar-refractivity contribution in [3.05, 3.63) is 76.6 Å². The van der Waals surface area contributed by atoms with Crippen LogP contribution in [0.25, 0.3) is 5.69 Å². The quantitative estimate of drug-likeness (QED) is 0.648. The van der Waals surface area contributed by atoms with E-state index in [1.54, 1.807) is 11.9 Å². The summed E-state index contributed by atoms with van der Waals surface area (Å²) in [4.78, 5) is 14.3. The molecule has 0 N–H and O–H groups in total. The van der Waals surface area contributed by atoms with E-state index in [0.29, 0.717) is 6.54 Å². The summed E-state index contributed by atoms with van der Waals surface area (Å²) >= 11 is 0. The zero-order valence-corrected chi connectivity index (χ0v) is 17.2. The molecule has 0 aliphatic carbocycles. The van der Waals surface area contributed by atoms with Crippen molar-refractivity contribution in [2.75, 3.05) is 13.7 Å². The Hall–Kier alpha value is -3.08. The van der Waals surface area contributed by atoms with E-state index in [2.05, 4.69) is 5.10 Å². The largest absolute Gasteiger partial charge is 0.483 e. The van der Waals surface area contributed by atoms with Crippen LogP contribution in [-0.4, -0.2) is 34.2 Å². The molecule has 3 aromatic rings. The Bertz CT molecular complexity index is 977. The Morgan fingerprint density at radius 1 is 1.07 bits per heavy atom. The average molecular weight is 377 g/mol. The molecule has 0 aliphatic rings. The predicted molar refractivity (Wildman–Crippen MR) is 111 cm³/mol. The number of rotatable bonds is 6. The predicted octanol–water partition coefficient (Wildman–Crippen LogP) is 4.14. The van der Waals surface area contributed by atoms with E-state index in [1.165, 1.54) is 0 Å². The average Bonchev–Trinajstić information content (AvgIpc) is 2.97. The molecule has 5 nitrogen and oxygen atoms in total. The molecule has 0 saturated heterocycles. The van der Waals surface area contributed by atoms with E-state index >= 15 is 0 Å². The summed E-state index contributed by atoms with van der Waals surface area (Å²) in [7, 11) is 1.80. The molecule has 2 aromatic carbocycles. The van der Waals surface area contributed by atoms with Crippen LogP contribution in [0.3, 0.4) is 0 Å². The molecule has 0 spiro atoms. The molecular formula is C23H27N3O2. The summed E-state index contributed by atoms with van der Waals surface area (Å²) in [5.41, 5.74) is 6.18. The van der Waals surface area contributed by atoms with E-state index in [4.69, 9.17) is 4.74 Å². The van der Waals surface area contributed by atoms with Gasteiger partial charge in [0.1, 0.15) is 5.75 Å². The van der Waals surface area contributed by atoms with Crippen LogP contribution in [0.1, 0.15) is 28.1 Å². The van der Waals surface area contributed by atoms with Gasteiger partial charge >= 0.3 is 0 Å². The minimum absolute atomic E-state index is 0.0196. The fraction of sp³-hybridized carbons (Fsp3) is 0.304. The second kappa shape index (κ2) is 8.30. The molecule has 3 rings (SSSR count). The molecule has 1 amide bonds. The third-order valence-electron chi connectivity index (χ3n) is 4.96. The van der Waals surface area contributed by atoms with E-state index in [-0.39, 0.29) is 12.5 Å². The standard InChI is InChI=1S/C23H27N3O2/c1-16-11-12-17(2)22(13-16)28-15-23(27)25(5)14-21-18(3)24-26(19(21)4)20-9-7-6-8-10-20/h6-13H,14-15H2,1-5H3. The Kier molecular flexibility index (Phi) is 5.83. The first kappa shape index (κ1) is 19.7. The van der Waals surface area contributed by atoms with Crippen LogP contribution in [0.15, 0.2) is 48.5 Å². The minimum Gasteiger partial charge on any atom is -0.483 e. The van der Waals surface area contributed by atoms with Crippen molar-refractivity contribution < 1.29 is 9.53 Å². The highest BCUT2D eigenvalue weighted by molar-refractivity contribution is 5.77. The normalized spacial score (nSPS) is 10.8. The number of hydrogen-bond acceptors (Lipinski definition) is 3. The van der Waals surface area contributed by atoms with Crippen LogP contribution in [0, 0.1) is 27.7 Å². The number of amides is 1. The van der Waals surface area contributed by atoms with Crippen LogP contribution < -0.4 is 4.74 Å². The second-order valence-electron chi connectivity index (χ2n) is 7.20. The monoisotopic (exact) mass is 377 g/mol. The maximum atomic E-state index is 12.6. The molecule has 0 bridgehead atoms. The Morgan fingerprint density at radius 2 is 1.79 bits per heavy atom. The SMILES string of the molecule is Cc1ccc(C)c(OCC(=O)N(C)Cc2c(C)nn(-c3ccccc3)c2C)c1. The summed E-state index contributed by atoms with van der Waals surface area (Å²) < 4.78 is 7.69. The summed E-state index contributed by atoms with van der Waals surface area (Å²) in [5, 5.41) is 4.66. The van der Waals surface area contributed by atoms with Gasteiger partial charge in [-0.1, -0.05) is 30.3 Å². The first-order valence-corrected chi connectivity index (χ1v) is 9.41. The molecule has 1 aromatic heterocycles. The number of hydrogen-bond donors (Lipinski definition) is 0. The van der Waals surface area contributed by atoms with Crippen LogP contribution in [0.2, 0.25) is 0 Å². The third kappa shape index (κ3) is 4.25. The summed E-state index contributed by atoms with van der Waals surface area (Å²) in [5.74, 6) is 0.693. The fourth-order valence-electron chi connectivity index (χ4n) is 3.16. The van der Waals surface area contributed by atoms with Crippen LogP contribution >= 0.6 is 0 Å². The number of likely N-dealkylation sites (N-methyl/N-ethyl adjacent to an activating group) is 1. The molecule has 5 heteroatoms. The molecule has 0 saturated carbocycles. The lowest BCUT2D eigenvalue weighted by Gasteiger charge is -2.18. The zero-order chi connectivity index (χ0) is 20.3. The van der Waals surface area contributed by atoms with Crippen molar-refractivity contribution in [2.45, 2.75) is 34.2 Å². The minimum atomic E-state index is -0.0628. The van der Waals surface area contributed by atoms with Gasteiger partial charge in [0.2, 0.25) is 0 Å². The Labute approximate surface area is 166 Å². The molecule has 0 aliphatic heterocycles. The first-order valence-electron chi connectivity index (χ1n) is 9.41. The first-order chi connectivity index (χ1) is 13.4. The van der Waals surface area contributed by atoms with Gasteiger partial charge in [0.25, 0.3) is 5.91 Å². The van der Waals surface area contributed by atoms with Gasteiger partial charge in [-0.15, -0.1) is 0 Å². The number of ether oxygens (including phenoxy) is 1. The topological polar surface area (TPSA) is 47.4 Å². The zero-order valence-electron chi connectivity index (χ0n) is 17.2. The van der Waals surface area contributed by atoms with Gasteiger partial charge in [-0.3, -0.25) is 4.79 Å². The maximum absolute atomic E-state index is 12.6. The maximum Gasteiger partial charge on any atom is 0.260 e. The highest BCUT2D eigenvalue weighted by Gasteiger charge is 2.18. The molecular weight excluding hydrogens is 350 g/mol. The van der Waals surface area contributed by atoms with Gasteiger partial charge in [-0.25, -0.2) is 4.68 Å². The van der Waals surface area contributed by atoms with Crippen molar-refractivity contribution in [1.29, 1.82) is 0 Å². The number of carbonyl (C=O) groups is 1. The number of carbonyl (C=O) groups excluding carboxylic acids is 1. The fourth-order valence-corrected chi connectivity index (χ4v) is 3.16. The van der Waals surface area contributed by atoms with Crippen LogP contribution in [-0.2, 0) is 11.3 Å². The van der Waals surface area contributed by atoms with Gasteiger partial charge in [0.15, 0.2) is 6.61 Å². The summed E-state index contributed by atoms with van der Waals surface area (Å²) in [6, 6.07) is 16.0. The molecule has 0 atom stereocenters. The van der Waals surface area contributed by atoms with Gasteiger partial charge in [0, 0.05) is 24.8 Å². The Balaban J connectivity index is 1.69. The number of aromatic nitrogens is 2. The highest BCUT2D eigenvalue weighted by Crippen LogP contribution is 2.21. The van der Waals surface area contributed by atoms with Gasteiger partial charge < -0.3 is 9.64 Å². The van der Waals surface area contributed by atoms with E-state index in [0.717, 1.165) is 39.5 Å². The highest BCUT2D eigenvalue weighted by atomic mass is 16.5. The van der Waals surface area contributed by atoms with Crippen molar-refractivity contribution in [1.82, 2.24) is 14.7 Å². The summed E-state index contributed by atoms with van der Waals surface area (Å²) in [6.07, 6.45) is 0. The lowest BCUT2D eigenvalue weighted by atomic mass is 10.1. The number of benzene rings is 2. The third-order valence-corrected chi connectivity index (χ3v) is 4.96. The van der Waals surface area contributed by atoms with E-state index in [1.807, 2.05) is 80.9 Å². The number of nitrogens with zero attached hydrogens (tertiary/aromatic N) is 3. The van der Waals surface area contributed by atoms with Crippen molar-refractivity contribution in [3.8, 4) is 11.4 Å². The summed E-state index contributed by atoms with van der Waals surface area (Å²) in [6.45, 7) is 8.52. The van der Waals surface area contributed by atoms with Gasteiger partial charge in [0.05, 0.1) is 11.4 Å². The smallest absolute Gasteiger partial charge is 0.260 e. The molecule has 0 unspecified atom stereocenters. The molecule has 1 heterocycles. The van der Waals surface area contributed by atoms with Gasteiger partial charge in [-0.2, -0.15) is 5.10 Å². The lowest BCUT2D eigenvalue weighted by molar-refractivity contribution is -0.132. The van der Waals surface area contributed by atoms with Crippen LogP contribution in [0.5, 0.6) is 5.75 Å². The molecule has 0 radical (unpaired) electrons. The number of aryl methyl sites for hydroxylation is 3. The van der Waals surface area contributed by atoms with Gasteiger partial charge in [-0.05, 0) is 57.0 Å². The van der Waals surface area contributed by atoms with Crippen molar-refractivity contribution >= 4 is 5.91 Å². The molecule has 0 fully saturated rings. The molecule has 28 heavy (non-hydrogen) atoms. The van der Waals surface area contributed by atoms with Crippen molar-refractivity contribution in [2.24, 2.45) is 0 Å². The molecule has 146 valence electrons. The van der Waals surface area contributed by atoms with Crippen molar-refractivity contribution in [3.63, 3.8) is 0 Å². The van der Waals surface area contributed by atoms with E-state index in [9.17, 15) is 4.79 Å². The second-order valence-corrected chi connectivity index (χ2v) is 7.20. The Morgan fingerprint density at radius 3 is 2.50 bits per heavy atom. The van der Waals surface area contributed by atoms with E-state index < -0.39 is 0 Å². The lowest BCUT2D eigenvalue weighted by Crippen LogP contribution is -2.31. The number of para-hydroxylation sites is 1. The van der Waals surface area contributed by atoms with Crippen LogP contribution in [0.4, 0.5) is 0 Å².